The van der Waals surface area contributed by atoms with Crippen LogP contribution >= 0.6 is 7.60 Å². The first-order valence-electron chi connectivity index (χ1n) is 7.03. The first kappa shape index (κ1) is 18.5. The zero-order valence-electron chi connectivity index (χ0n) is 13.4. The highest BCUT2D eigenvalue weighted by Crippen LogP contribution is 2.53. The predicted molar refractivity (Wildman–Crippen MR) is 83.5 cm³/mol. The molecule has 0 aliphatic heterocycles. The molecule has 1 atom stereocenters. The van der Waals surface area contributed by atoms with E-state index in [0.717, 1.165) is 5.56 Å². The van der Waals surface area contributed by atoms with Crippen LogP contribution in [0.2, 0.25) is 0 Å². The van der Waals surface area contributed by atoms with Crippen LogP contribution in [0.25, 0.3) is 0 Å². The van der Waals surface area contributed by atoms with Crippen LogP contribution in [0.15, 0.2) is 18.2 Å². The second-order valence-electron chi connectivity index (χ2n) is 4.41. The first-order chi connectivity index (χ1) is 10.5. The van der Waals surface area contributed by atoms with Crippen LogP contribution in [-0.4, -0.2) is 33.1 Å². The van der Waals surface area contributed by atoms with Gasteiger partial charge in [-0.2, -0.15) is 5.26 Å². The Labute approximate surface area is 131 Å². The lowest BCUT2D eigenvalue weighted by molar-refractivity contribution is 0.216. The van der Waals surface area contributed by atoms with E-state index in [1.165, 1.54) is 7.11 Å². The minimum absolute atomic E-state index is 0.224. The molecule has 0 radical (unpaired) electrons. The average molecular weight is 327 g/mol. The normalized spacial score (nSPS) is 12.5. The van der Waals surface area contributed by atoms with Crippen molar-refractivity contribution >= 4 is 7.60 Å². The van der Waals surface area contributed by atoms with Gasteiger partial charge in [0.05, 0.1) is 33.5 Å². The number of nitriles is 1. The fraction of sp³-hybridized carbons (Fsp3) is 0.533. The van der Waals surface area contributed by atoms with Gasteiger partial charge in [-0.3, -0.25) is 4.57 Å². The highest BCUT2D eigenvalue weighted by Gasteiger charge is 2.36. The highest BCUT2D eigenvalue weighted by molar-refractivity contribution is 7.55. The molecule has 0 fully saturated rings. The Kier molecular flexibility index (Phi) is 7.40. The van der Waals surface area contributed by atoms with Crippen molar-refractivity contribution in [2.45, 2.75) is 25.9 Å². The summed E-state index contributed by atoms with van der Waals surface area (Å²) in [5, 5.41) is 9.37. The summed E-state index contributed by atoms with van der Waals surface area (Å²) >= 11 is 0. The summed E-state index contributed by atoms with van der Waals surface area (Å²) in [6, 6.07) is 7.34. The van der Waals surface area contributed by atoms with E-state index in [1.54, 1.807) is 39.2 Å². The molecule has 1 aromatic rings. The van der Waals surface area contributed by atoms with Crippen LogP contribution in [0.3, 0.4) is 0 Å². The van der Waals surface area contributed by atoms with Crippen molar-refractivity contribution in [3.05, 3.63) is 23.8 Å². The third kappa shape index (κ3) is 4.48. The van der Waals surface area contributed by atoms with Gasteiger partial charge in [-0.05, 0) is 38.0 Å². The summed E-state index contributed by atoms with van der Waals surface area (Å²) in [6.45, 7) is 3.88. The Hall–Kier alpha value is -1.54. The van der Waals surface area contributed by atoms with Gasteiger partial charge in [0, 0.05) is 0 Å². The third-order valence-electron chi connectivity index (χ3n) is 3.03. The Bertz CT molecular complexity index is 560. The van der Waals surface area contributed by atoms with Gasteiger partial charge in [-0.15, -0.1) is 0 Å². The van der Waals surface area contributed by atoms with Crippen LogP contribution in [-0.2, 0) is 20.0 Å². The van der Waals surface area contributed by atoms with Crippen molar-refractivity contribution in [2.75, 3.05) is 27.4 Å². The van der Waals surface area contributed by atoms with Crippen LogP contribution in [0.5, 0.6) is 11.5 Å². The monoisotopic (exact) mass is 327 g/mol. The Morgan fingerprint density at radius 3 is 2.18 bits per heavy atom. The molecule has 122 valence electrons. The van der Waals surface area contributed by atoms with Crippen molar-refractivity contribution in [3.8, 4) is 17.6 Å². The zero-order valence-corrected chi connectivity index (χ0v) is 14.3. The lowest BCUT2D eigenvalue weighted by atomic mass is 10.1. The van der Waals surface area contributed by atoms with Crippen LogP contribution in [0.4, 0.5) is 0 Å². The second kappa shape index (κ2) is 8.79. The molecule has 0 amide bonds. The molecule has 0 aromatic heterocycles. The minimum atomic E-state index is -3.47. The molecule has 1 unspecified atom stereocenters. The number of hydrogen-bond donors (Lipinski definition) is 0. The van der Waals surface area contributed by atoms with Crippen molar-refractivity contribution in [1.82, 2.24) is 0 Å². The van der Waals surface area contributed by atoms with Gasteiger partial charge in [0.15, 0.2) is 17.2 Å². The molecule has 0 spiro atoms. The van der Waals surface area contributed by atoms with E-state index < -0.39 is 13.3 Å². The van der Waals surface area contributed by atoms with E-state index in [1.807, 2.05) is 6.07 Å². The molecule has 0 heterocycles. The molecule has 1 rings (SSSR count). The topological polar surface area (TPSA) is 77.8 Å². The van der Waals surface area contributed by atoms with E-state index in [2.05, 4.69) is 0 Å². The van der Waals surface area contributed by atoms with Crippen LogP contribution < -0.4 is 9.47 Å². The van der Waals surface area contributed by atoms with Gasteiger partial charge in [0.1, 0.15) is 0 Å². The zero-order chi connectivity index (χ0) is 16.6. The van der Waals surface area contributed by atoms with Crippen molar-refractivity contribution in [1.29, 1.82) is 5.26 Å². The molecule has 0 N–H and O–H groups in total. The number of ether oxygens (including phenoxy) is 2. The number of nitrogens with zero attached hydrogens (tertiary/aromatic N) is 1. The van der Waals surface area contributed by atoms with Crippen molar-refractivity contribution in [3.63, 3.8) is 0 Å². The molecule has 22 heavy (non-hydrogen) atoms. The molecule has 0 saturated heterocycles. The first-order valence-corrected chi connectivity index (χ1v) is 8.65. The highest BCUT2D eigenvalue weighted by atomic mass is 31.2. The van der Waals surface area contributed by atoms with Crippen molar-refractivity contribution in [2.24, 2.45) is 0 Å². The molecular formula is C15H22NO5P. The maximum absolute atomic E-state index is 12.7. The third-order valence-corrected chi connectivity index (χ3v) is 5.32. The average Bonchev–Trinajstić information content (AvgIpc) is 2.52. The van der Waals surface area contributed by atoms with Gasteiger partial charge in [-0.1, -0.05) is 6.07 Å². The number of benzene rings is 1. The summed E-state index contributed by atoms with van der Waals surface area (Å²) in [5.41, 5.74) is -0.0747. The molecule has 6 nitrogen and oxygen atoms in total. The standard InChI is InChI=1S/C15H22NO5P/c1-5-20-22(17,21-6-2)13(11-16)9-12-7-8-14(18-3)15(10-12)19-4/h7-8,10,13H,5-6,9H2,1-4H3. The summed E-state index contributed by atoms with van der Waals surface area (Å²) < 4.78 is 33.6. The van der Waals surface area contributed by atoms with E-state index in [4.69, 9.17) is 18.5 Å². The number of hydrogen-bond acceptors (Lipinski definition) is 6. The fourth-order valence-corrected chi connectivity index (χ4v) is 3.77. The van der Waals surface area contributed by atoms with E-state index in [0.29, 0.717) is 11.5 Å². The molecule has 0 aliphatic rings. The number of methoxy groups -OCH3 is 2. The lowest BCUT2D eigenvalue weighted by Crippen LogP contribution is -2.14. The van der Waals surface area contributed by atoms with Gasteiger partial charge in [-0.25, -0.2) is 0 Å². The number of rotatable bonds is 9. The van der Waals surface area contributed by atoms with Crippen LogP contribution in [0, 0.1) is 11.3 Å². The summed E-state index contributed by atoms with van der Waals surface area (Å²) in [4.78, 5) is 0. The summed E-state index contributed by atoms with van der Waals surface area (Å²) in [5.74, 6) is 1.15. The minimum Gasteiger partial charge on any atom is -0.493 e. The largest absolute Gasteiger partial charge is 0.493 e. The fourth-order valence-electron chi connectivity index (χ4n) is 2.04. The second-order valence-corrected chi connectivity index (χ2v) is 6.63. The smallest absolute Gasteiger partial charge is 0.348 e. The van der Waals surface area contributed by atoms with Gasteiger partial charge in [0.25, 0.3) is 0 Å². The molecule has 1 aromatic carbocycles. The SMILES string of the molecule is CCOP(=O)(OCC)C(C#N)Cc1ccc(OC)c(OC)c1. The summed E-state index contributed by atoms with van der Waals surface area (Å²) in [7, 11) is -0.384. The predicted octanol–water partition coefficient (Wildman–Crippen LogP) is 3.40. The molecule has 0 bridgehead atoms. The van der Waals surface area contributed by atoms with Gasteiger partial charge < -0.3 is 18.5 Å². The maximum Gasteiger partial charge on any atom is 0.348 e. The van der Waals surface area contributed by atoms with E-state index in [9.17, 15) is 9.83 Å². The summed E-state index contributed by atoms with van der Waals surface area (Å²) in [6.07, 6.45) is 0.244. The Morgan fingerprint density at radius 1 is 1.14 bits per heavy atom. The van der Waals surface area contributed by atoms with E-state index >= 15 is 0 Å². The van der Waals surface area contributed by atoms with Crippen LogP contribution in [0.1, 0.15) is 19.4 Å². The molecule has 0 aliphatic carbocycles. The Morgan fingerprint density at radius 2 is 1.73 bits per heavy atom. The maximum atomic E-state index is 12.7. The van der Waals surface area contributed by atoms with Crippen molar-refractivity contribution < 1.29 is 23.1 Å². The lowest BCUT2D eigenvalue weighted by Gasteiger charge is -2.21. The quantitative estimate of drug-likeness (QED) is 0.647. The molecular weight excluding hydrogens is 305 g/mol. The van der Waals surface area contributed by atoms with Gasteiger partial charge in [0.2, 0.25) is 0 Å². The van der Waals surface area contributed by atoms with E-state index in [-0.39, 0.29) is 19.6 Å². The molecule has 0 saturated carbocycles. The molecule has 7 heteroatoms. The Balaban J connectivity index is 3.03. The van der Waals surface area contributed by atoms with Gasteiger partial charge >= 0.3 is 7.60 Å².